The Bertz CT molecular complexity index is 425. The molecule has 1 aromatic rings. The van der Waals surface area contributed by atoms with E-state index in [0.29, 0.717) is 0 Å². The summed E-state index contributed by atoms with van der Waals surface area (Å²) in [4.78, 5) is -0.634. The fourth-order valence-electron chi connectivity index (χ4n) is 0.818. The molecule has 0 aliphatic heterocycles. The predicted molar refractivity (Wildman–Crippen MR) is 48.8 cm³/mol. The van der Waals surface area contributed by atoms with Gasteiger partial charge in [0.25, 0.3) is 0 Å². The molecule has 0 spiro atoms. The van der Waals surface area contributed by atoms with E-state index >= 15 is 0 Å². The Labute approximate surface area is 103 Å². The fourth-order valence-corrected chi connectivity index (χ4v) is 2.48. The van der Waals surface area contributed by atoms with Crippen LogP contribution < -0.4 is 24.6 Å². The van der Waals surface area contributed by atoms with Gasteiger partial charge in [0.1, 0.15) is 10.1 Å². The van der Waals surface area contributed by atoms with Crippen LogP contribution in [0.3, 0.4) is 0 Å². The molecule has 0 radical (unpaired) electrons. The maximum atomic E-state index is 10.6. The van der Waals surface area contributed by atoms with Crippen LogP contribution in [0.2, 0.25) is 10.0 Å². The van der Waals surface area contributed by atoms with Gasteiger partial charge in [0, 0.05) is 5.69 Å². The quantitative estimate of drug-likeness (QED) is 0.372. The average molecular weight is 248 g/mol. The van der Waals surface area contributed by atoms with Gasteiger partial charge in [-0.15, -0.1) is 0 Å². The van der Waals surface area contributed by atoms with E-state index in [1.165, 1.54) is 0 Å². The third-order valence-electron chi connectivity index (χ3n) is 1.27. The minimum Gasteiger partial charge on any atom is -0.744 e. The Morgan fingerprint density at radius 3 is 1.86 bits per heavy atom. The third-order valence-corrected chi connectivity index (χ3v) is 3.03. The fraction of sp³-hybridized carbons (Fsp3) is 0. The van der Waals surface area contributed by atoms with Gasteiger partial charge in [-0.2, -0.15) is 0 Å². The second-order valence-corrected chi connectivity index (χ2v) is 4.40. The molecule has 0 amide bonds. The summed E-state index contributed by atoms with van der Waals surface area (Å²) in [5, 5.41) is -0.528. The maximum Gasteiger partial charge on any atom is 1.00 e. The van der Waals surface area contributed by atoms with E-state index in [0.717, 1.165) is 12.1 Å². The molecule has 2 N–H and O–H groups in total. The van der Waals surface area contributed by atoms with Gasteiger partial charge in [-0.1, -0.05) is 23.2 Å². The normalized spacial score (nSPS) is 10.8. The van der Waals surface area contributed by atoms with Crippen molar-refractivity contribution in [3.63, 3.8) is 0 Å². The second-order valence-electron chi connectivity index (χ2n) is 2.27. The van der Waals surface area contributed by atoms with Crippen LogP contribution in [0.15, 0.2) is 17.0 Å². The zero-order valence-corrected chi connectivity index (χ0v) is 9.45. The topological polar surface area (TPSA) is 83.2 Å². The molecule has 0 heterocycles. The van der Waals surface area contributed by atoms with Crippen LogP contribution in [0.4, 0.5) is 5.69 Å². The van der Waals surface area contributed by atoms with E-state index < -0.39 is 15.0 Å². The first-order chi connectivity index (χ1) is 5.82. The molecule has 8 heteroatoms. The van der Waals surface area contributed by atoms with E-state index in [2.05, 4.69) is 0 Å². The van der Waals surface area contributed by atoms with Gasteiger partial charge < -0.3 is 10.3 Å². The first kappa shape index (κ1) is 14.1. The van der Waals surface area contributed by atoms with Gasteiger partial charge in [-0.25, -0.2) is 8.42 Å². The van der Waals surface area contributed by atoms with Crippen LogP contribution in [-0.2, 0) is 10.1 Å². The van der Waals surface area contributed by atoms with Crippen molar-refractivity contribution in [2.45, 2.75) is 4.90 Å². The van der Waals surface area contributed by atoms with Gasteiger partial charge in [-0.05, 0) is 12.1 Å². The van der Waals surface area contributed by atoms with E-state index in [1.54, 1.807) is 0 Å². The molecular formula is C6H4Cl2LiNO3S. The SMILES string of the molecule is Nc1cc(Cl)c(S(=O)(=O)[O-])c(Cl)c1.[Li+]. The van der Waals surface area contributed by atoms with Gasteiger partial charge in [-0.3, -0.25) is 0 Å². The molecule has 4 nitrogen and oxygen atoms in total. The van der Waals surface area contributed by atoms with Crippen molar-refractivity contribution in [2.24, 2.45) is 0 Å². The Balaban J connectivity index is 0.00000169. The Kier molecular flexibility index (Phi) is 4.79. The van der Waals surface area contributed by atoms with Crippen LogP contribution in [-0.4, -0.2) is 13.0 Å². The second kappa shape index (κ2) is 4.75. The van der Waals surface area contributed by atoms with Crippen molar-refractivity contribution in [1.82, 2.24) is 0 Å². The molecule has 0 aromatic heterocycles. The third kappa shape index (κ3) is 3.06. The smallest absolute Gasteiger partial charge is 0.744 e. The summed E-state index contributed by atoms with van der Waals surface area (Å²) in [5.74, 6) is 0. The first-order valence-electron chi connectivity index (χ1n) is 3.03. The molecule has 0 saturated heterocycles. The van der Waals surface area contributed by atoms with Crippen LogP contribution in [0.5, 0.6) is 0 Å². The van der Waals surface area contributed by atoms with Crippen LogP contribution in [0, 0.1) is 0 Å². The Morgan fingerprint density at radius 1 is 1.21 bits per heavy atom. The Morgan fingerprint density at radius 2 is 1.57 bits per heavy atom. The molecule has 0 atom stereocenters. The summed E-state index contributed by atoms with van der Waals surface area (Å²) < 4.78 is 31.9. The monoisotopic (exact) mass is 247 g/mol. The molecule has 72 valence electrons. The van der Waals surface area contributed by atoms with Crippen molar-refractivity contribution in [3.8, 4) is 0 Å². The van der Waals surface area contributed by atoms with Crippen LogP contribution >= 0.6 is 23.2 Å². The van der Waals surface area contributed by atoms with E-state index in [-0.39, 0.29) is 34.6 Å². The van der Waals surface area contributed by atoms with Crippen molar-refractivity contribution >= 4 is 39.0 Å². The summed E-state index contributed by atoms with van der Waals surface area (Å²) in [6.07, 6.45) is 0. The molecule has 0 bridgehead atoms. The summed E-state index contributed by atoms with van der Waals surface area (Å²) in [6, 6.07) is 2.30. The molecule has 14 heavy (non-hydrogen) atoms. The molecule has 0 aliphatic carbocycles. The average Bonchev–Trinajstić information content (AvgIpc) is 1.78. The van der Waals surface area contributed by atoms with Crippen LogP contribution in [0.1, 0.15) is 0 Å². The summed E-state index contributed by atoms with van der Waals surface area (Å²) in [7, 11) is -4.65. The molecule has 0 fully saturated rings. The minimum atomic E-state index is -4.65. The molecule has 1 rings (SSSR count). The summed E-state index contributed by atoms with van der Waals surface area (Å²) in [6.45, 7) is 0. The Hall–Kier alpha value is 0.107. The number of nitrogens with two attached hydrogens (primary N) is 1. The van der Waals surface area contributed by atoms with Gasteiger partial charge in [0.05, 0.1) is 14.9 Å². The summed E-state index contributed by atoms with van der Waals surface area (Å²) in [5.41, 5.74) is 5.50. The predicted octanol–water partition coefficient (Wildman–Crippen LogP) is -1.52. The molecule has 0 unspecified atom stereocenters. The molecule has 0 aliphatic rings. The number of hydrogen-bond donors (Lipinski definition) is 1. The number of rotatable bonds is 1. The van der Waals surface area contributed by atoms with Gasteiger partial charge in [0.2, 0.25) is 0 Å². The molecule has 0 saturated carbocycles. The largest absolute Gasteiger partial charge is 1.00 e. The van der Waals surface area contributed by atoms with Crippen molar-refractivity contribution in [3.05, 3.63) is 22.2 Å². The zero-order chi connectivity index (χ0) is 10.2. The number of benzene rings is 1. The van der Waals surface area contributed by atoms with Gasteiger partial charge >= 0.3 is 18.9 Å². The molecule has 1 aromatic carbocycles. The number of nitrogen functional groups attached to an aromatic ring is 1. The van der Waals surface area contributed by atoms with Crippen LogP contribution in [0.25, 0.3) is 0 Å². The van der Waals surface area contributed by atoms with Crippen molar-refractivity contribution in [1.29, 1.82) is 0 Å². The number of halogens is 2. The van der Waals surface area contributed by atoms with Crippen molar-refractivity contribution in [2.75, 3.05) is 5.73 Å². The molecular weight excluding hydrogens is 244 g/mol. The first-order valence-corrected chi connectivity index (χ1v) is 5.19. The van der Waals surface area contributed by atoms with Gasteiger partial charge in [0.15, 0.2) is 0 Å². The maximum absolute atomic E-state index is 10.6. The minimum absolute atomic E-state index is 0. The number of hydrogen-bond acceptors (Lipinski definition) is 4. The van der Waals surface area contributed by atoms with Crippen molar-refractivity contribution < 1.29 is 31.8 Å². The standard InChI is InChI=1S/C6H5Cl2NO3S.Li/c7-4-1-3(9)2-5(8)6(4)13(10,11)12;/h1-2H,9H2,(H,10,11,12);/q;+1/p-1. The van der Waals surface area contributed by atoms with E-state index in [9.17, 15) is 13.0 Å². The van der Waals surface area contributed by atoms with E-state index in [1.807, 2.05) is 0 Å². The number of anilines is 1. The van der Waals surface area contributed by atoms with E-state index in [4.69, 9.17) is 28.9 Å². The zero-order valence-electron chi connectivity index (χ0n) is 7.12. The summed E-state index contributed by atoms with van der Waals surface area (Å²) >= 11 is 11.0.